The Labute approximate surface area is 90.2 Å². The summed E-state index contributed by atoms with van der Waals surface area (Å²) in [5.74, 6) is -1.03. The first-order valence-corrected chi connectivity index (χ1v) is 5.11. The number of carbonyl (C=O) groups excluding carboxylic acids is 2. The van der Waals surface area contributed by atoms with E-state index in [2.05, 4.69) is 0 Å². The molecule has 0 bridgehead atoms. The lowest BCUT2D eigenvalue weighted by atomic mass is 10.3. The molecule has 0 rings (SSSR count). The van der Waals surface area contributed by atoms with E-state index in [1.54, 1.807) is 13.0 Å². The van der Waals surface area contributed by atoms with Crippen LogP contribution in [0.25, 0.3) is 0 Å². The first-order chi connectivity index (χ1) is 7.11. The zero-order valence-electron chi connectivity index (χ0n) is 9.49. The third-order valence-corrected chi connectivity index (χ3v) is 1.67. The maximum Gasteiger partial charge on any atom is 0.347 e. The van der Waals surface area contributed by atoms with Gasteiger partial charge in [0.1, 0.15) is 0 Å². The highest BCUT2D eigenvalue weighted by Crippen LogP contribution is 1.98. The van der Waals surface area contributed by atoms with Crippen molar-refractivity contribution in [3.05, 3.63) is 12.2 Å². The van der Waals surface area contributed by atoms with Crippen molar-refractivity contribution < 1.29 is 19.1 Å². The van der Waals surface area contributed by atoms with Gasteiger partial charge in [-0.25, -0.2) is 9.59 Å². The van der Waals surface area contributed by atoms with Gasteiger partial charge in [0, 0.05) is 6.08 Å². The number of unbranched alkanes of at least 4 members (excludes halogenated alkanes) is 1. The van der Waals surface area contributed by atoms with Crippen molar-refractivity contribution in [1.29, 1.82) is 0 Å². The fourth-order valence-electron chi connectivity index (χ4n) is 0.832. The van der Waals surface area contributed by atoms with Crippen molar-refractivity contribution in [3.63, 3.8) is 0 Å². The van der Waals surface area contributed by atoms with Crippen molar-refractivity contribution in [2.24, 2.45) is 0 Å². The largest absolute Gasteiger partial charge is 0.463 e. The number of hydrogen-bond donors (Lipinski definition) is 0. The third-order valence-electron chi connectivity index (χ3n) is 1.67. The molecule has 0 aromatic carbocycles. The van der Waals surface area contributed by atoms with Crippen molar-refractivity contribution in [2.75, 3.05) is 6.61 Å². The topological polar surface area (TPSA) is 52.6 Å². The van der Waals surface area contributed by atoms with E-state index in [0.717, 1.165) is 12.8 Å². The third kappa shape index (κ3) is 6.71. The van der Waals surface area contributed by atoms with E-state index >= 15 is 0 Å². The maximum atomic E-state index is 11.2. The molecule has 0 saturated carbocycles. The maximum absolute atomic E-state index is 11.2. The van der Waals surface area contributed by atoms with Crippen LogP contribution in [0.2, 0.25) is 0 Å². The van der Waals surface area contributed by atoms with Crippen LogP contribution >= 0.6 is 0 Å². The Balaban J connectivity index is 3.83. The quantitative estimate of drug-likeness (QED) is 0.384. The van der Waals surface area contributed by atoms with Crippen LogP contribution in [0.5, 0.6) is 0 Å². The molecule has 4 nitrogen and oxygen atoms in total. The summed E-state index contributed by atoms with van der Waals surface area (Å²) in [4.78, 5) is 22.2. The van der Waals surface area contributed by atoms with E-state index in [1.807, 2.05) is 6.92 Å². The van der Waals surface area contributed by atoms with Crippen LogP contribution in [0.15, 0.2) is 12.2 Å². The fourth-order valence-corrected chi connectivity index (χ4v) is 0.832. The van der Waals surface area contributed by atoms with Crippen LogP contribution in [0.3, 0.4) is 0 Å². The van der Waals surface area contributed by atoms with Gasteiger partial charge in [0.15, 0.2) is 6.10 Å². The molecule has 1 atom stereocenters. The Morgan fingerprint density at radius 1 is 1.40 bits per heavy atom. The average Bonchev–Trinajstić information content (AvgIpc) is 2.18. The van der Waals surface area contributed by atoms with Gasteiger partial charge < -0.3 is 9.47 Å². The zero-order chi connectivity index (χ0) is 11.7. The predicted octanol–water partition coefficient (Wildman–Crippen LogP) is 1.84. The summed E-state index contributed by atoms with van der Waals surface area (Å²) in [6, 6.07) is 0. The molecule has 0 aliphatic rings. The van der Waals surface area contributed by atoms with E-state index in [1.165, 1.54) is 13.0 Å². The average molecular weight is 214 g/mol. The summed E-state index contributed by atoms with van der Waals surface area (Å²) in [5, 5.41) is 0. The second-order valence-electron chi connectivity index (χ2n) is 3.10. The Morgan fingerprint density at radius 3 is 2.60 bits per heavy atom. The van der Waals surface area contributed by atoms with Gasteiger partial charge in [-0.15, -0.1) is 0 Å². The van der Waals surface area contributed by atoms with Gasteiger partial charge >= 0.3 is 11.9 Å². The minimum absolute atomic E-state index is 0.376. The number of allylic oxidation sites excluding steroid dienone is 1. The van der Waals surface area contributed by atoms with Gasteiger partial charge in [0.2, 0.25) is 0 Å². The van der Waals surface area contributed by atoms with Gasteiger partial charge in [-0.3, -0.25) is 0 Å². The molecular weight excluding hydrogens is 196 g/mol. The van der Waals surface area contributed by atoms with Gasteiger partial charge in [0.25, 0.3) is 0 Å². The van der Waals surface area contributed by atoms with Gasteiger partial charge in [0.05, 0.1) is 6.61 Å². The van der Waals surface area contributed by atoms with Crippen LogP contribution in [0.4, 0.5) is 0 Å². The molecule has 0 aromatic rings. The van der Waals surface area contributed by atoms with Crippen LogP contribution in [0, 0.1) is 0 Å². The second kappa shape index (κ2) is 8.03. The Morgan fingerprint density at radius 2 is 2.07 bits per heavy atom. The van der Waals surface area contributed by atoms with E-state index < -0.39 is 18.0 Å². The summed E-state index contributed by atoms with van der Waals surface area (Å²) >= 11 is 0. The lowest BCUT2D eigenvalue weighted by Crippen LogP contribution is -2.25. The van der Waals surface area contributed by atoms with E-state index in [0.29, 0.717) is 6.61 Å². The fraction of sp³-hybridized carbons (Fsp3) is 0.636. The molecule has 1 unspecified atom stereocenters. The molecular formula is C11H18O4. The van der Waals surface area contributed by atoms with Crippen LogP contribution in [-0.2, 0) is 19.1 Å². The highest BCUT2D eigenvalue weighted by atomic mass is 16.6. The molecule has 0 heterocycles. The molecule has 0 spiro atoms. The van der Waals surface area contributed by atoms with Crippen LogP contribution < -0.4 is 0 Å². The summed E-state index contributed by atoms with van der Waals surface area (Å²) in [7, 11) is 0. The minimum Gasteiger partial charge on any atom is -0.463 e. The lowest BCUT2D eigenvalue weighted by molar-refractivity contribution is -0.163. The monoisotopic (exact) mass is 214 g/mol. The number of carbonyl (C=O) groups is 2. The molecule has 0 aliphatic carbocycles. The molecule has 0 saturated heterocycles. The highest BCUT2D eigenvalue weighted by Gasteiger charge is 2.17. The zero-order valence-corrected chi connectivity index (χ0v) is 9.49. The lowest BCUT2D eigenvalue weighted by Gasteiger charge is -2.10. The Kier molecular flexibility index (Phi) is 7.32. The first kappa shape index (κ1) is 13.7. The molecule has 15 heavy (non-hydrogen) atoms. The van der Waals surface area contributed by atoms with Crippen molar-refractivity contribution in [2.45, 2.75) is 39.7 Å². The molecule has 0 radical (unpaired) electrons. The first-order valence-electron chi connectivity index (χ1n) is 5.11. The number of rotatable bonds is 6. The SMILES string of the molecule is C/C=C\C(=O)OC(C)C(=O)OCCCC. The summed E-state index contributed by atoms with van der Waals surface area (Å²) in [5.41, 5.74) is 0. The summed E-state index contributed by atoms with van der Waals surface area (Å²) in [6.07, 6.45) is 3.75. The normalized spacial score (nSPS) is 12.5. The van der Waals surface area contributed by atoms with Gasteiger partial charge in [-0.2, -0.15) is 0 Å². The molecule has 0 aliphatic heterocycles. The summed E-state index contributed by atoms with van der Waals surface area (Å²) < 4.78 is 9.67. The molecule has 86 valence electrons. The molecule has 4 heteroatoms. The Hall–Kier alpha value is -1.32. The molecule has 0 N–H and O–H groups in total. The van der Waals surface area contributed by atoms with Crippen molar-refractivity contribution in [1.82, 2.24) is 0 Å². The standard InChI is InChI=1S/C11H18O4/c1-4-6-8-14-11(13)9(3)15-10(12)7-5-2/h5,7,9H,4,6,8H2,1-3H3/b7-5-. The van der Waals surface area contributed by atoms with E-state index in [9.17, 15) is 9.59 Å². The molecule has 0 amide bonds. The van der Waals surface area contributed by atoms with Crippen LogP contribution in [-0.4, -0.2) is 24.6 Å². The van der Waals surface area contributed by atoms with E-state index in [-0.39, 0.29) is 0 Å². The number of esters is 2. The molecule has 0 fully saturated rings. The predicted molar refractivity (Wildman–Crippen MR) is 56.2 cm³/mol. The highest BCUT2D eigenvalue weighted by molar-refractivity contribution is 5.85. The number of ether oxygens (including phenoxy) is 2. The van der Waals surface area contributed by atoms with Gasteiger partial charge in [-0.05, 0) is 20.3 Å². The van der Waals surface area contributed by atoms with Gasteiger partial charge in [-0.1, -0.05) is 19.4 Å². The second-order valence-corrected chi connectivity index (χ2v) is 3.10. The van der Waals surface area contributed by atoms with Crippen molar-refractivity contribution in [3.8, 4) is 0 Å². The smallest absolute Gasteiger partial charge is 0.347 e. The Bertz CT molecular complexity index is 233. The van der Waals surface area contributed by atoms with E-state index in [4.69, 9.17) is 9.47 Å². The van der Waals surface area contributed by atoms with Crippen molar-refractivity contribution >= 4 is 11.9 Å². The number of hydrogen-bond acceptors (Lipinski definition) is 4. The minimum atomic E-state index is -0.842. The molecule has 0 aromatic heterocycles. The van der Waals surface area contributed by atoms with Crippen LogP contribution in [0.1, 0.15) is 33.6 Å². The summed E-state index contributed by atoms with van der Waals surface area (Å²) in [6.45, 7) is 5.57.